The Morgan fingerprint density at radius 1 is 1.60 bits per heavy atom. The fourth-order valence-corrected chi connectivity index (χ4v) is 2.11. The van der Waals surface area contributed by atoms with Crippen molar-refractivity contribution in [3.05, 3.63) is 30.1 Å². The Hall–Kier alpha value is -1.09. The van der Waals surface area contributed by atoms with E-state index < -0.39 is 0 Å². The molecule has 1 aliphatic rings. The minimum atomic E-state index is 0.699. The van der Waals surface area contributed by atoms with Gasteiger partial charge in [-0.05, 0) is 44.3 Å². The molecule has 0 spiro atoms. The highest BCUT2D eigenvalue weighted by molar-refractivity contribution is 5.12. The molecule has 0 unspecified atom stereocenters. The lowest BCUT2D eigenvalue weighted by Gasteiger charge is -2.21. The van der Waals surface area contributed by atoms with Crippen LogP contribution >= 0.6 is 0 Å². The molecule has 15 heavy (non-hydrogen) atoms. The normalized spacial score (nSPS) is 17.9. The van der Waals surface area contributed by atoms with E-state index in [2.05, 4.69) is 23.2 Å². The summed E-state index contributed by atoms with van der Waals surface area (Å²) < 4.78 is 1.99. The second-order valence-corrected chi connectivity index (χ2v) is 4.45. The van der Waals surface area contributed by atoms with Crippen LogP contribution in [-0.4, -0.2) is 22.9 Å². The first kappa shape index (κ1) is 10.4. The van der Waals surface area contributed by atoms with E-state index in [4.69, 9.17) is 0 Å². The van der Waals surface area contributed by atoms with Gasteiger partial charge < -0.3 is 5.32 Å². The second kappa shape index (κ2) is 4.62. The van der Waals surface area contributed by atoms with Crippen molar-refractivity contribution in [3.8, 4) is 0 Å². The molecular formula is C12H19N3. The molecule has 1 fully saturated rings. The lowest BCUT2D eigenvalue weighted by atomic mass is 9.93. The standard InChI is InChI=1S/C12H19N3/c1-10(2)8-15-9-12(7-14-15)11-3-5-13-6-4-11/h7,9,11,13H,1,3-6,8H2,2H3. The van der Waals surface area contributed by atoms with Crippen molar-refractivity contribution in [2.24, 2.45) is 0 Å². The third-order valence-corrected chi connectivity index (χ3v) is 2.90. The van der Waals surface area contributed by atoms with Crippen LogP contribution in [-0.2, 0) is 6.54 Å². The quantitative estimate of drug-likeness (QED) is 0.764. The van der Waals surface area contributed by atoms with Gasteiger partial charge in [0, 0.05) is 6.20 Å². The Balaban J connectivity index is 2.02. The summed E-state index contributed by atoms with van der Waals surface area (Å²) in [6, 6.07) is 0. The number of hydrogen-bond donors (Lipinski definition) is 1. The SMILES string of the molecule is C=C(C)Cn1cc(C2CCNCC2)cn1. The van der Waals surface area contributed by atoms with Gasteiger partial charge in [-0.3, -0.25) is 4.68 Å². The Kier molecular flexibility index (Phi) is 3.21. The third-order valence-electron chi connectivity index (χ3n) is 2.90. The Bertz CT molecular complexity index is 334. The number of rotatable bonds is 3. The van der Waals surface area contributed by atoms with Crippen LogP contribution in [0, 0.1) is 0 Å². The number of nitrogens with one attached hydrogen (secondary N) is 1. The Labute approximate surface area is 91.2 Å². The zero-order valence-electron chi connectivity index (χ0n) is 9.37. The van der Waals surface area contributed by atoms with Gasteiger partial charge >= 0.3 is 0 Å². The fourth-order valence-electron chi connectivity index (χ4n) is 2.11. The molecule has 0 aromatic carbocycles. The summed E-state index contributed by atoms with van der Waals surface area (Å²) in [5.41, 5.74) is 2.53. The molecule has 0 atom stereocenters. The van der Waals surface area contributed by atoms with Crippen LogP contribution in [0.2, 0.25) is 0 Å². The van der Waals surface area contributed by atoms with E-state index in [0.717, 1.165) is 25.2 Å². The maximum Gasteiger partial charge on any atom is 0.0614 e. The van der Waals surface area contributed by atoms with Crippen molar-refractivity contribution < 1.29 is 0 Å². The summed E-state index contributed by atoms with van der Waals surface area (Å²) in [5, 5.41) is 7.75. The highest BCUT2D eigenvalue weighted by Crippen LogP contribution is 2.24. The summed E-state index contributed by atoms with van der Waals surface area (Å²) in [6.45, 7) is 9.04. The highest BCUT2D eigenvalue weighted by Gasteiger charge is 2.16. The van der Waals surface area contributed by atoms with E-state index in [1.807, 2.05) is 17.8 Å². The first-order valence-electron chi connectivity index (χ1n) is 5.63. The van der Waals surface area contributed by atoms with Gasteiger partial charge in [-0.1, -0.05) is 12.2 Å². The van der Waals surface area contributed by atoms with Crippen LogP contribution in [0.1, 0.15) is 31.2 Å². The topological polar surface area (TPSA) is 29.9 Å². The van der Waals surface area contributed by atoms with Gasteiger partial charge in [0.2, 0.25) is 0 Å². The Morgan fingerprint density at radius 2 is 2.33 bits per heavy atom. The summed E-state index contributed by atoms with van der Waals surface area (Å²) >= 11 is 0. The molecule has 0 saturated carbocycles. The van der Waals surface area contributed by atoms with Gasteiger partial charge in [0.25, 0.3) is 0 Å². The fraction of sp³-hybridized carbons (Fsp3) is 0.583. The minimum Gasteiger partial charge on any atom is -0.317 e. The second-order valence-electron chi connectivity index (χ2n) is 4.45. The van der Waals surface area contributed by atoms with Crippen LogP contribution in [0.4, 0.5) is 0 Å². The number of piperidine rings is 1. The molecule has 0 bridgehead atoms. The van der Waals surface area contributed by atoms with Crippen molar-refractivity contribution in [1.29, 1.82) is 0 Å². The zero-order valence-corrected chi connectivity index (χ0v) is 9.37. The van der Waals surface area contributed by atoms with E-state index in [0.29, 0.717) is 5.92 Å². The van der Waals surface area contributed by atoms with E-state index in [-0.39, 0.29) is 0 Å². The summed E-state index contributed by atoms with van der Waals surface area (Å²) in [4.78, 5) is 0. The predicted molar refractivity (Wildman–Crippen MR) is 61.9 cm³/mol. The van der Waals surface area contributed by atoms with Crippen LogP contribution in [0.15, 0.2) is 24.5 Å². The zero-order chi connectivity index (χ0) is 10.7. The molecule has 3 nitrogen and oxygen atoms in total. The molecule has 1 saturated heterocycles. The van der Waals surface area contributed by atoms with Crippen LogP contribution < -0.4 is 5.32 Å². The average Bonchev–Trinajstić information content (AvgIpc) is 2.67. The number of allylic oxidation sites excluding steroid dienone is 1. The van der Waals surface area contributed by atoms with E-state index >= 15 is 0 Å². The summed E-state index contributed by atoms with van der Waals surface area (Å²) in [7, 11) is 0. The lowest BCUT2D eigenvalue weighted by Crippen LogP contribution is -2.26. The molecule has 0 radical (unpaired) electrons. The molecule has 2 heterocycles. The molecule has 2 rings (SSSR count). The molecule has 1 aromatic rings. The number of nitrogens with zero attached hydrogens (tertiary/aromatic N) is 2. The van der Waals surface area contributed by atoms with Crippen molar-refractivity contribution in [2.45, 2.75) is 32.2 Å². The van der Waals surface area contributed by atoms with Gasteiger partial charge in [0.05, 0.1) is 12.7 Å². The van der Waals surface area contributed by atoms with Crippen molar-refractivity contribution in [1.82, 2.24) is 15.1 Å². The highest BCUT2D eigenvalue weighted by atomic mass is 15.3. The van der Waals surface area contributed by atoms with Gasteiger partial charge in [-0.25, -0.2) is 0 Å². The molecule has 1 aromatic heterocycles. The Morgan fingerprint density at radius 3 is 3.00 bits per heavy atom. The summed E-state index contributed by atoms with van der Waals surface area (Å²) in [5.74, 6) is 0.699. The van der Waals surface area contributed by atoms with Gasteiger partial charge in [-0.2, -0.15) is 5.10 Å². The minimum absolute atomic E-state index is 0.699. The molecule has 82 valence electrons. The monoisotopic (exact) mass is 205 g/mol. The molecule has 0 amide bonds. The van der Waals surface area contributed by atoms with Crippen LogP contribution in [0.3, 0.4) is 0 Å². The average molecular weight is 205 g/mol. The third kappa shape index (κ3) is 2.69. The van der Waals surface area contributed by atoms with Gasteiger partial charge in [0.15, 0.2) is 0 Å². The first-order valence-corrected chi connectivity index (χ1v) is 5.63. The van der Waals surface area contributed by atoms with Crippen molar-refractivity contribution in [2.75, 3.05) is 13.1 Å². The molecule has 0 aliphatic carbocycles. The van der Waals surface area contributed by atoms with Gasteiger partial charge in [-0.15, -0.1) is 0 Å². The first-order chi connectivity index (χ1) is 7.25. The lowest BCUT2D eigenvalue weighted by molar-refractivity contribution is 0.460. The number of hydrogen-bond acceptors (Lipinski definition) is 2. The van der Waals surface area contributed by atoms with Crippen LogP contribution in [0.5, 0.6) is 0 Å². The molecular weight excluding hydrogens is 186 g/mol. The van der Waals surface area contributed by atoms with Crippen molar-refractivity contribution in [3.63, 3.8) is 0 Å². The van der Waals surface area contributed by atoms with Crippen LogP contribution in [0.25, 0.3) is 0 Å². The maximum absolute atomic E-state index is 4.37. The summed E-state index contributed by atoms with van der Waals surface area (Å²) in [6.07, 6.45) is 6.65. The van der Waals surface area contributed by atoms with Gasteiger partial charge in [0.1, 0.15) is 0 Å². The van der Waals surface area contributed by atoms with E-state index in [1.165, 1.54) is 18.4 Å². The molecule has 1 N–H and O–H groups in total. The molecule has 3 heteroatoms. The smallest absolute Gasteiger partial charge is 0.0614 e. The largest absolute Gasteiger partial charge is 0.317 e. The predicted octanol–water partition coefficient (Wildman–Crippen LogP) is 1.93. The van der Waals surface area contributed by atoms with E-state index in [1.54, 1.807) is 0 Å². The van der Waals surface area contributed by atoms with E-state index in [9.17, 15) is 0 Å². The number of aromatic nitrogens is 2. The van der Waals surface area contributed by atoms with Crippen molar-refractivity contribution >= 4 is 0 Å². The molecule has 1 aliphatic heterocycles. The maximum atomic E-state index is 4.37.